The number of benzene rings is 1. The molecule has 1 heterocycles. The van der Waals surface area contributed by atoms with Gasteiger partial charge in [-0.1, -0.05) is 11.6 Å². The molecule has 0 aliphatic carbocycles. The lowest BCUT2D eigenvalue weighted by molar-refractivity contribution is 0.0594. The predicted molar refractivity (Wildman–Crippen MR) is 83.0 cm³/mol. The summed E-state index contributed by atoms with van der Waals surface area (Å²) < 4.78 is 46.2. The van der Waals surface area contributed by atoms with Crippen LogP contribution in [0.2, 0.25) is 5.02 Å². The van der Waals surface area contributed by atoms with Crippen LogP contribution in [-0.4, -0.2) is 18.1 Å². The first kappa shape index (κ1) is 16.8. The zero-order valence-electron chi connectivity index (χ0n) is 10.9. The number of nitrogens with two attached hydrogens (primary N) is 1. The average molecular weight is 443 g/mol. The summed E-state index contributed by atoms with van der Waals surface area (Å²) in [5.41, 5.74) is 3.25. The van der Waals surface area contributed by atoms with Crippen molar-refractivity contribution in [3.05, 3.63) is 43.9 Å². The highest BCUT2D eigenvalue weighted by Gasteiger charge is 2.24. The van der Waals surface area contributed by atoms with E-state index in [-0.39, 0.29) is 3.57 Å². The van der Waals surface area contributed by atoms with E-state index in [1.807, 2.05) is 0 Å². The Morgan fingerprint density at radius 1 is 1.32 bits per heavy atom. The van der Waals surface area contributed by atoms with Gasteiger partial charge in [-0.25, -0.2) is 22.9 Å². The van der Waals surface area contributed by atoms with Gasteiger partial charge in [0.05, 0.1) is 21.4 Å². The number of methoxy groups -OCH3 is 1. The van der Waals surface area contributed by atoms with E-state index in [1.54, 1.807) is 22.6 Å². The Balaban J connectivity index is 2.79. The van der Waals surface area contributed by atoms with Crippen LogP contribution in [0.3, 0.4) is 0 Å². The van der Waals surface area contributed by atoms with Gasteiger partial charge in [-0.3, -0.25) is 0 Å². The second-order valence-corrected chi connectivity index (χ2v) is 5.63. The smallest absolute Gasteiger partial charge is 0.358 e. The first-order valence-corrected chi connectivity index (χ1v) is 7.11. The molecule has 0 aliphatic heterocycles. The number of ether oxygens (including phenoxy) is 1. The second kappa shape index (κ2) is 6.29. The molecule has 22 heavy (non-hydrogen) atoms. The van der Waals surface area contributed by atoms with Crippen LogP contribution in [0.1, 0.15) is 10.5 Å². The lowest BCUT2D eigenvalue weighted by Crippen LogP contribution is -2.11. The van der Waals surface area contributed by atoms with Gasteiger partial charge in [0.1, 0.15) is 17.3 Å². The number of carbonyl (C=O) groups is 1. The normalized spacial score (nSPS) is 10.6. The van der Waals surface area contributed by atoms with E-state index in [4.69, 9.17) is 17.3 Å². The third-order valence-electron chi connectivity index (χ3n) is 2.76. The molecule has 0 amide bonds. The first-order valence-electron chi connectivity index (χ1n) is 5.65. The minimum Gasteiger partial charge on any atom is -0.464 e. The Hall–Kier alpha value is -1.55. The molecule has 9 heteroatoms. The Labute approximate surface area is 141 Å². The number of nitrogen functional groups attached to an aromatic ring is 1. The third-order valence-corrected chi connectivity index (χ3v) is 3.97. The molecule has 0 aliphatic rings. The summed E-state index contributed by atoms with van der Waals surface area (Å²) in [5, 5.41) is -0.459. The van der Waals surface area contributed by atoms with Crippen LogP contribution in [0.5, 0.6) is 0 Å². The summed E-state index contributed by atoms with van der Waals surface area (Å²) in [6, 6.07) is 1.63. The average Bonchev–Trinajstić information content (AvgIpc) is 2.48. The topological polar surface area (TPSA) is 65.2 Å². The maximum absolute atomic E-state index is 14.2. The summed E-state index contributed by atoms with van der Waals surface area (Å²) in [7, 11) is 1.06. The van der Waals surface area contributed by atoms with Crippen molar-refractivity contribution in [2.75, 3.05) is 12.8 Å². The Kier molecular flexibility index (Phi) is 4.81. The van der Waals surface area contributed by atoms with Gasteiger partial charge in [0, 0.05) is 5.56 Å². The van der Waals surface area contributed by atoms with Crippen LogP contribution >= 0.6 is 34.2 Å². The fraction of sp³-hybridized carbons (Fsp3) is 0.0769. The highest BCUT2D eigenvalue weighted by molar-refractivity contribution is 14.1. The molecule has 0 bridgehead atoms. The SMILES string of the molecule is COC(=O)c1nc(-c2cc(F)c(I)cc2F)c(F)c(N)c1Cl. The molecule has 2 N–H and O–H groups in total. The van der Waals surface area contributed by atoms with Crippen molar-refractivity contribution in [2.24, 2.45) is 0 Å². The first-order chi connectivity index (χ1) is 10.3. The van der Waals surface area contributed by atoms with Crippen molar-refractivity contribution < 1.29 is 22.7 Å². The highest BCUT2D eigenvalue weighted by atomic mass is 127. The number of nitrogens with zero attached hydrogens (tertiary/aromatic N) is 1. The molecular weight excluding hydrogens is 436 g/mol. The van der Waals surface area contributed by atoms with Crippen molar-refractivity contribution in [3.8, 4) is 11.3 Å². The summed E-state index contributed by atoms with van der Waals surface area (Å²) in [5.74, 6) is -3.83. The van der Waals surface area contributed by atoms with Crippen LogP contribution in [0.15, 0.2) is 12.1 Å². The number of esters is 1. The van der Waals surface area contributed by atoms with Gasteiger partial charge in [0.2, 0.25) is 0 Å². The molecule has 0 saturated heterocycles. The molecular formula is C13H7ClF3IN2O2. The van der Waals surface area contributed by atoms with Crippen molar-refractivity contribution >= 4 is 45.8 Å². The van der Waals surface area contributed by atoms with Crippen molar-refractivity contribution in [2.45, 2.75) is 0 Å². The number of carbonyl (C=O) groups excluding carboxylic acids is 1. The van der Waals surface area contributed by atoms with Gasteiger partial charge in [-0.15, -0.1) is 0 Å². The van der Waals surface area contributed by atoms with Crippen LogP contribution in [0, 0.1) is 21.0 Å². The Morgan fingerprint density at radius 2 is 1.95 bits per heavy atom. The number of halogens is 5. The van der Waals surface area contributed by atoms with Gasteiger partial charge in [-0.05, 0) is 34.7 Å². The summed E-state index contributed by atoms with van der Waals surface area (Å²) in [4.78, 5) is 15.2. The van der Waals surface area contributed by atoms with Gasteiger partial charge in [-0.2, -0.15) is 0 Å². The summed E-state index contributed by atoms with van der Waals surface area (Å²) in [6.07, 6.45) is 0. The number of pyridine rings is 1. The zero-order valence-corrected chi connectivity index (χ0v) is 13.8. The van der Waals surface area contributed by atoms with Crippen LogP contribution in [0.4, 0.5) is 18.9 Å². The number of aromatic nitrogens is 1. The Bertz CT molecular complexity index is 787. The van der Waals surface area contributed by atoms with E-state index in [2.05, 4.69) is 9.72 Å². The third kappa shape index (κ3) is 2.84. The molecule has 2 aromatic rings. The fourth-order valence-corrected chi connectivity index (χ4v) is 2.31. The monoisotopic (exact) mass is 442 g/mol. The molecule has 2 rings (SSSR count). The molecule has 0 fully saturated rings. The van der Waals surface area contributed by atoms with E-state index >= 15 is 0 Å². The number of anilines is 1. The van der Waals surface area contributed by atoms with Crippen molar-refractivity contribution in [3.63, 3.8) is 0 Å². The molecule has 0 unspecified atom stereocenters. The van der Waals surface area contributed by atoms with E-state index in [0.29, 0.717) is 0 Å². The maximum atomic E-state index is 14.2. The highest BCUT2D eigenvalue weighted by Crippen LogP contribution is 2.34. The molecule has 4 nitrogen and oxygen atoms in total. The maximum Gasteiger partial charge on any atom is 0.358 e. The number of hydrogen-bond acceptors (Lipinski definition) is 4. The fourth-order valence-electron chi connectivity index (χ4n) is 1.68. The quantitative estimate of drug-likeness (QED) is 0.437. The van der Waals surface area contributed by atoms with Crippen LogP contribution in [-0.2, 0) is 4.74 Å². The second-order valence-electron chi connectivity index (χ2n) is 4.09. The molecule has 0 radical (unpaired) electrons. The Morgan fingerprint density at radius 3 is 2.55 bits per heavy atom. The molecule has 1 aromatic carbocycles. The van der Waals surface area contributed by atoms with Gasteiger partial charge in [0.15, 0.2) is 11.5 Å². The van der Waals surface area contributed by atoms with Crippen molar-refractivity contribution in [1.29, 1.82) is 0 Å². The van der Waals surface area contributed by atoms with Gasteiger partial charge in [0.25, 0.3) is 0 Å². The van der Waals surface area contributed by atoms with Crippen LogP contribution < -0.4 is 5.73 Å². The van der Waals surface area contributed by atoms with E-state index in [9.17, 15) is 18.0 Å². The van der Waals surface area contributed by atoms with E-state index in [0.717, 1.165) is 19.2 Å². The molecule has 116 valence electrons. The van der Waals surface area contributed by atoms with Gasteiger partial charge >= 0.3 is 5.97 Å². The lowest BCUT2D eigenvalue weighted by atomic mass is 10.1. The van der Waals surface area contributed by atoms with Gasteiger partial charge < -0.3 is 10.5 Å². The summed E-state index contributed by atoms with van der Waals surface area (Å²) >= 11 is 7.31. The molecule has 0 saturated carbocycles. The zero-order chi connectivity index (χ0) is 16.6. The van der Waals surface area contributed by atoms with Crippen molar-refractivity contribution in [1.82, 2.24) is 4.98 Å². The predicted octanol–water partition coefficient (Wildman–Crippen LogP) is 3.79. The molecule has 0 spiro atoms. The number of rotatable bonds is 2. The molecule has 1 aromatic heterocycles. The number of hydrogen-bond donors (Lipinski definition) is 1. The van der Waals surface area contributed by atoms with E-state index < -0.39 is 51.1 Å². The minimum absolute atomic E-state index is 0.00869. The summed E-state index contributed by atoms with van der Waals surface area (Å²) in [6.45, 7) is 0. The minimum atomic E-state index is -1.16. The largest absolute Gasteiger partial charge is 0.464 e. The molecule has 0 atom stereocenters. The lowest BCUT2D eigenvalue weighted by Gasteiger charge is -2.11. The standard InChI is InChI=1S/C13H7ClF3IN2O2/c1-22-13(21)12-8(14)10(19)9(17)11(20-12)4-2-6(16)7(18)3-5(4)15/h2-3H,1H3,(H2,19,20). The van der Waals surface area contributed by atoms with Crippen LogP contribution in [0.25, 0.3) is 11.3 Å². The van der Waals surface area contributed by atoms with E-state index in [1.165, 1.54) is 0 Å².